The first-order valence-corrected chi connectivity index (χ1v) is 5.05. The van der Waals surface area contributed by atoms with Crippen molar-refractivity contribution in [2.75, 3.05) is 20.1 Å². The molecule has 0 rings (SSSR count). The Morgan fingerprint density at radius 1 is 1.54 bits per heavy atom. The number of nitrogens with two attached hydrogens (primary N) is 1. The Labute approximate surface area is 81.9 Å². The molecule has 80 valence electrons. The maximum absolute atomic E-state index is 9.76. The van der Waals surface area contributed by atoms with Gasteiger partial charge in [0.15, 0.2) is 0 Å². The van der Waals surface area contributed by atoms with Crippen molar-refractivity contribution in [3.63, 3.8) is 0 Å². The molecule has 0 fully saturated rings. The van der Waals surface area contributed by atoms with Crippen molar-refractivity contribution in [3.8, 4) is 0 Å². The van der Waals surface area contributed by atoms with E-state index in [2.05, 4.69) is 25.8 Å². The van der Waals surface area contributed by atoms with Crippen LogP contribution in [0, 0.1) is 0 Å². The number of hydrogen-bond acceptors (Lipinski definition) is 3. The Kier molecular flexibility index (Phi) is 5.53. The van der Waals surface area contributed by atoms with E-state index < -0.39 is 5.60 Å². The van der Waals surface area contributed by atoms with Crippen LogP contribution in [0.15, 0.2) is 0 Å². The second kappa shape index (κ2) is 5.58. The summed E-state index contributed by atoms with van der Waals surface area (Å²) >= 11 is 0. The van der Waals surface area contributed by atoms with Crippen LogP contribution in [0.25, 0.3) is 0 Å². The van der Waals surface area contributed by atoms with E-state index in [1.807, 2.05) is 0 Å². The van der Waals surface area contributed by atoms with Crippen LogP contribution in [0.3, 0.4) is 0 Å². The fraction of sp³-hybridized carbons (Fsp3) is 1.00. The third-order valence-electron chi connectivity index (χ3n) is 2.50. The minimum atomic E-state index is -0.721. The highest BCUT2D eigenvalue weighted by molar-refractivity contribution is 4.79. The Balaban J connectivity index is 3.91. The second-order valence-corrected chi connectivity index (χ2v) is 4.23. The van der Waals surface area contributed by atoms with Gasteiger partial charge in [0.05, 0.1) is 5.60 Å². The second-order valence-electron chi connectivity index (χ2n) is 4.23. The third kappa shape index (κ3) is 5.24. The maximum atomic E-state index is 9.76. The quantitative estimate of drug-likeness (QED) is 0.649. The average molecular weight is 188 g/mol. The van der Waals surface area contributed by atoms with Crippen molar-refractivity contribution in [1.82, 2.24) is 4.90 Å². The van der Waals surface area contributed by atoms with E-state index in [4.69, 9.17) is 5.73 Å². The normalized spacial score (nSPS) is 18.7. The molecule has 0 radical (unpaired) electrons. The molecule has 0 aromatic carbocycles. The molecule has 13 heavy (non-hydrogen) atoms. The predicted molar refractivity (Wildman–Crippen MR) is 56.7 cm³/mol. The molecule has 0 heterocycles. The summed E-state index contributed by atoms with van der Waals surface area (Å²) in [6.45, 7) is 7.48. The van der Waals surface area contributed by atoms with E-state index in [9.17, 15) is 5.11 Å². The molecule has 0 amide bonds. The number of aliphatic hydroxyl groups is 1. The average Bonchev–Trinajstić information content (AvgIpc) is 2.04. The summed E-state index contributed by atoms with van der Waals surface area (Å²) in [4.78, 5) is 2.25. The lowest BCUT2D eigenvalue weighted by Crippen LogP contribution is -2.42. The minimum absolute atomic E-state index is 0.331. The molecular formula is C10H24N2O. The lowest BCUT2D eigenvalue weighted by Gasteiger charge is -2.30. The van der Waals surface area contributed by atoms with Gasteiger partial charge >= 0.3 is 0 Å². The standard InChI is InChI=1S/C10H24N2O/c1-5-6-12(4)9(2)7-10(3,13)8-11/h9,13H,5-8,11H2,1-4H3. The third-order valence-corrected chi connectivity index (χ3v) is 2.50. The fourth-order valence-electron chi connectivity index (χ4n) is 1.45. The Morgan fingerprint density at radius 3 is 2.46 bits per heavy atom. The summed E-state index contributed by atoms with van der Waals surface area (Å²) < 4.78 is 0. The summed E-state index contributed by atoms with van der Waals surface area (Å²) in [6.07, 6.45) is 1.88. The summed E-state index contributed by atoms with van der Waals surface area (Å²) in [5.41, 5.74) is 4.74. The first-order valence-electron chi connectivity index (χ1n) is 5.05. The van der Waals surface area contributed by atoms with Gasteiger partial charge in [0, 0.05) is 12.6 Å². The van der Waals surface area contributed by atoms with Crippen LogP contribution in [0.5, 0.6) is 0 Å². The molecule has 0 aromatic rings. The van der Waals surface area contributed by atoms with Crippen LogP contribution in [0.4, 0.5) is 0 Å². The number of hydrogen-bond donors (Lipinski definition) is 2. The summed E-state index contributed by atoms with van der Waals surface area (Å²) in [6, 6.07) is 0.387. The Morgan fingerprint density at radius 2 is 2.08 bits per heavy atom. The predicted octanol–water partition coefficient (Wildman–Crippen LogP) is 0.817. The largest absolute Gasteiger partial charge is 0.389 e. The van der Waals surface area contributed by atoms with E-state index in [1.54, 1.807) is 6.92 Å². The number of nitrogens with zero attached hydrogens (tertiary/aromatic N) is 1. The summed E-state index contributed by atoms with van der Waals surface area (Å²) in [5.74, 6) is 0. The van der Waals surface area contributed by atoms with E-state index in [0.717, 1.165) is 19.4 Å². The topological polar surface area (TPSA) is 49.5 Å². The van der Waals surface area contributed by atoms with E-state index in [-0.39, 0.29) is 0 Å². The lowest BCUT2D eigenvalue weighted by molar-refractivity contribution is 0.0336. The van der Waals surface area contributed by atoms with Crippen LogP contribution in [0.2, 0.25) is 0 Å². The van der Waals surface area contributed by atoms with Gasteiger partial charge in [-0.2, -0.15) is 0 Å². The summed E-state index contributed by atoms with van der Waals surface area (Å²) in [5, 5.41) is 9.76. The Bertz CT molecular complexity index is 137. The van der Waals surface area contributed by atoms with E-state index >= 15 is 0 Å². The molecule has 0 aromatic heterocycles. The maximum Gasteiger partial charge on any atom is 0.0756 e. The van der Waals surface area contributed by atoms with Crippen LogP contribution in [-0.4, -0.2) is 41.8 Å². The van der Waals surface area contributed by atoms with Gasteiger partial charge in [0.2, 0.25) is 0 Å². The zero-order valence-corrected chi connectivity index (χ0v) is 9.38. The van der Waals surface area contributed by atoms with Crippen LogP contribution in [-0.2, 0) is 0 Å². The fourth-order valence-corrected chi connectivity index (χ4v) is 1.45. The first-order chi connectivity index (χ1) is 5.93. The zero-order valence-electron chi connectivity index (χ0n) is 9.38. The van der Waals surface area contributed by atoms with Crippen LogP contribution in [0.1, 0.15) is 33.6 Å². The van der Waals surface area contributed by atoms with Crippen molar-refractivity contribution in [2.45, 2.75) is 45.3 Å². The summed E-state index contributed by atoms with van der Waals surface area (Å²) in [7, 11) is 2.08. The van der Waals surface area contributed by atoms with Gasteiger partial charge in [-0.3, -0.25) is 0 Å². The van der Waals surface area contributed by atoms with Crippen molar-refractivity contribution in [2.24, 2.45) is 5.73 Å². The smallest absolute Gasteiger partial charge is 0.0756 e. The highest BCUT2D eigenvalue weighted by Gasteiger charge is 2.23. The lowest BCUT2D eigenvalue weighted by atomic mass is 9.97. The highest BCUT2D eigenvalue weighted by atomic mass is 16.3. The zero-order chi connectivity index (χ0) is 10.5. The van der Waals surface area contributed by atoms with Crippen LogP contribution < -0.4 is 5.73 Å². The highest BCUT2D eigenvalue weighted by Crippen LogP contribution is 2.13. The van der Waals surface area contributed by atoms with Gasteiger partial charge in [0.1, 0.15) is 0 Å². The van der Waals surface area contributed by atoms with Crippen molar-refractivity contribution < 1.29 is 5.11 Å². The molecule has 0 aliphatic heterocycles. The molecule has 0 bridgehead atoms. The first kappa shape index (κ1) is 12.9. The molecule has 3 nitrogen and oxygen atoms in total. The number of rotatable bonds is 6. The van der Waals surface area contributed by atoms with Gasteiger partial charge in [-0.1, -0.05) is 6.92 Å². The van der Waals surface area contributed by atoms with E-state index in [0.29, 0.717) is 12.6 Å². The molecule has 0 saturated heterocycles. The van der Waals surface area contributed by atoms with Gasteiger partial charge in [-0.05, 0) is 40.3 Å². The van der Waals surface area contributed by atoms with Gasteiger partial charge < -0.3 is 15.7 Å². The SMILES string of the molecule is CCCN(C)C(C)CC(C)(O)CN. The molecule has 2 unspecified atom stereocenters. The van der Waals surface area contributed by atoms with Crippen LogP contribution >= 0.6 is 0 Å². The molecule has 2 atom stereocenters. The molecule has 3 heteroatoms. The molecule has 0 aliphatic rings. The van der Waals surface area contributed by atoms with Crippen molar-refractivity contribution in [1.29, 1.82) is 0 Å². The molecule has 0 aliphatic carbocycles. The van der Waals surface area contributed by atoms with Gasteiger partial charge in [-0.25, -0.2) is 0 Å². The van der Waals surface area contributed by atoms with Crippen molar-refractivity contribution in [3.05, 3.63) is 0 Å². The monoisotopic (exact) mass is 188 g/mol. The van der Waals surface area contributed by atoms with Gasteiger partial charge in [-0.15, -0.1) is 0 Å². The molecule has 0 spiro atoms. The Hall–Kier alpha value is -0.120. The van der Waals surface area contributed by atoms with Crippen molar-refractivity contribution >= 4 is 0 Å². The van der Waals surface area contributed by atoms with E-state index in [1.165, 1.54) is 0 Å². The molecular weight excluding hydrogens is 164 g/mol. The van der Waals surface area contributed by atoms with Gasteiger partial charge in [0.25, 0.3) is 0 Å². The minimum Gasteiger partial charge on any atom is -0.389 e. The molecule has 0 saturated carbocycles. The molecule has 3 N–H and O–H groups in total.